The molecule has 4 rings (SSSR count). The molecule has 0 atom stereocenters. The van der Waals surface area contributed by atoms with Gasteiger partial charge in [-0.3, -0.25) is 0 Å². The number of aromatic amines is 1. The fourth-order valence-electron chi connectivity index (χ4n) is 4.20. The number of hydrogen-bond donors (Lipinski definition) is 4. The molecule has 2 aromatic carbocycles. The molecule has 5 N–H and O–H groups in total. The molecule has 1 aliphatic carbocycles. The van der Waals surface area contributed by atoms with E-state index < -0.39 is 21.8 Å². The van der Waals surface area contributed by atoms with Crippen molar-refractivity contribution in [2.45, 2.75) is 49.2 Å². The molecule has 1 heterocycles. The highest BCUT2D eigenvalue weighted by molar-refractivity contribution is 7.89. The molecule has 0 saturated heterocycles. The number of sulfonamides is 1. The Bertz CT molecular complexity index is 1360. The van der Waals surface area contributed by atoms with Gasteiger partial charge in [-0.25, -0.2) is 18.2 Å². The van der Waals surface area contributed by atoms with Gasteiger partial charge in [0.15, 0.2) is 0 Å². The second-order valence-corrected chi connectivity index (χ2v) is 10.5. The average Bonchev–Trinajstić information content (AvgIpc) is 3.22. The van der Waals surface area contributed by atoms with Crippen molar-refractivity contribution < 1.29 is 26.3 Å². The molecule has 36 heavy (non-hydrogen) atoms. The van der Waals surface area contributed by atoms with Crippen LogP contribution in [-0.2, 0) is 16.2 Å². The van der Waals surface area contributed by atoms with Gasteiger partial charge >= 0.3 is 6.18 Å². The average molecular weight is 545 g/mol. The van der Waals surface area contributed by atoms with Crippen LogP contribution in [0.5, 0.6) is 5.75 Å². The van der Waals surface area contributed by atoms with Crippen molar-refractivity contribution in [3.8, 4) is 16.9 Å². The van der Waals surface area contributed by atoms with E-state index >= 15 is 0 Å². The summed E-state index contributed by atoms with van der Waals surface area (Å²) in [7, 11) is -2.71. The van der Waals surface area contributed by atoms with E-state index in [0.717, 1.165) is 38.2 Å². The molecule has 0 spiro atoms. The fraction of sp³-hybridized carbons (Fsp3) is 0.364. The van der Waals surface area contributed by atoms with E-state index in [4.69, 9.17) is 22.1 Å². The lowest BCUT2D eigenvalue weighted by Crippen LogP contribution is -2.36. The van der Waals surface area contributed by atoms with Crippen LogP contribution in [0.3, 0.4) is 0 Å². The zero-order valence-electron chi connectivity index (χ0n) is 19.1. The summed E-state index contributed by atoms with van der Waals surface area (Å²) in [5.74, 6) is -0.152. The number of hydrogen-bond acceptors (Lipinski definition) is 7. The van der Waals surface area contributed by atoms with E-state index in [9.17, 15) is 21.6 Å². The largest absolute Gasteiger partial charge is 0.495 e. The third-order valence-corrected chi connectivity index (χ3v) is 7.68. The van der Waals surface area contributed by atoms with Crippen LogP contribution in [0.1, 0.15) is 37.7 Å². The first-order valence-electron chi connectivity index (χ1n) is 11.0. The monoisotopic (exact) mass is 544 g/mol. The predicted octanol–water partition coefficient (Wildman–Crippen LogP) is 5.09. The van der Waals surface area contributed by atoms with E-state index in [0.29, 0.717) is 0 Å². The summed E-state index contributed by atoms with van der Waals surface area (Å²) in [5.41, 5.74) is 4.10. The van der Waals surface area contributed by atoms with Crippen LogP contribution < -0.4 is 20.5 Å². The number of nitrogens with zero attached hydrogens (tertiary/aromatic N) is 2. The van der Waals surface area contributed by atoms with Crippen molar-refractivity contribution in [1.29, 1.82) is 0 Å². The lowest BCUT2D eigenvalue weighted by molar-refractivity contribution is -0.137. The van der Waals surface area contributed by atoms with Crippen molar-refractivity contribution in [3.05, 3.63) is 40.9 Å². The number of nitrogens with two attached hydrogens (primary N) is 1. The van der Waals surface area contributed by atoms with E-state index in [1.165, 1.54) is 31.4 Å². The van der Waals surface area contributed by atoms with Gasteiger partial charge in [0.05, 0.1) is 17.7 Å². The molecule has 1 saturated carbocycles. The maximum Gasteiger partial charge on any atom is 0.417 e. The van der Waals surface area contributed by atoms with Crippen LogP contribution in [0.15, 0.2) is 35.2 Å². The first-order valence-corrected chi connectivity index (χ1v) is 12.9. The highest BCUT2D eigenvalue weighted by atomic mass is 35.5. The number of benzene rings is 2. The molecule has 0 aliphatic heterocycles. The smallest absolute Gasteiger partial charge is 0.417 e. The Morgan fingerprint density at radius 3 is 2.50 bits per heavy atom. The van der Waals surface area contributed by atoms with Gasteiger partial charge in [0.2, 0.25) is 21.9 Å². The van der Waals surface area contributed by atoms with Crippen molar-refractivity contribution in [1.82, 2.24) is 19.9 Å². The molecule has 0 bridgehead atoms. The van der Waals surface area contributed by atoms with Crippen LogP contribution >= 0.6 is 11.6 Å². The standard InChI is InChI=1S/C22H24ClF3N6O3S/c1-35-17-9-12(7-8-18(17)36(33,34)32-13-5-3-2-4-6-13)19-15(22(24,25)26)10-14(11-16(19)23)28-21-29-20(27)30-31-21/h7-11,13,32H,2-6H2,1H3,(H4,27,28,29,30,31). The van der Waals surface area contributed by atoms with Gasteiger partial charge < -0.3 is 15.8 Å². The quantitative estimate of drug-likeness (QED) is 0.325. The van der Waals surface area contributed by atoms with Crippen LogP contribution in [0.2, 0.25) is 5.02 Å². The van der Waals surface area contributed by atoms with Crippen molar-refractivity contribution in [2.24, 2.45) is 0 Å². The minimum Gasteiger partial charge on any atom is -0.495 e. The maximum absolute atomic E-state index is 14.1. The Kier molecular flexibility index (Phi) is 7.34. The normalized spacial score (nSPS) is 15.1. The van der Waals surface area contributed by atoms with Crippen LogP contribution in [0.4, 0.5) is 30.8 Å². The van der Waals surface area contributed by atoms with E-state index in [-0.39, 0.29) is 50.4 Å². The summed E-state index contributed by atoms with van der Waals surface area (Å²) in [5, 5.41) is 8.50. The summed E-state index contributed by atoms with van der Waals surface area (Å²) in [4.78, 5) is 3.64. The number of nitrogens with one attached hydrogen (secondary N) is 3. The third kappa shape index (κ3) is 5.68. The van der Waals surface area contributed by atoms with Gasteiger partial charge in [-0.05, 0) is 42.7 Å². The number of ether oxygens (including phenoxy) is 1. The molecule has 9 nitrogen and oxygen atoms in total. The topological polar surface area (TPSA) is 135 Å². The fourth-order valence-corrected chi connectivity index (χ4v) is 5.99. The minimum absolute atomic E-state index is 0.0158. The van der Waals surface area contributed by atoms with E-state index in [1.54, 1.807) is 0 Å². The van der Waals surface area contributed by atoms with E-state index in [2.05, 4.69) is 25.2 Å². The first-order chi connectivity index (χ1) is 17.0. The second-order valence-electron chi connectivity index (χ2n) is 8.37. The van der Waals surface area contributed by atoms with Crippen molar-refractivity contribution >= 4 is 39.2 Å². The van der Waals surface area contributed by atoms with Gasteiger partial charge in [0.1, 0.15) is 10.6 Å². The van der Waals surface area contributed by atoms with Crippen LogP contribution in [-0.4, -0.2) is 36.8 Å². The molecule has 0 amide bonds. The molecule has 1 aromatic heterocycles. The molecule has 0 unspecified atom stereocenters. The first kappa shape index (κ1) is 26.0. The Morgan fingerprint density at radius 2 is 1.89 bits per heavy atom. The predicted molar refractivity (Wildman–Crippen MR) is 130 cm³/mol. The lowest BCUT2D eigenvalue weighted by Gasteiger charge is -2.23. The molecule has 3 aromatic rings. The number of halogens is 4. The van der Waals surface area contributed by atoms with Crippen LogP contribution in [0, 0.1) is 0 Å². The summed E-state index contributed by atoms with van der Waals surface area (Å²) in [6.45, 7) is 0. The Morgan fingerprint density at radius 1 is 1.17 bits per heavy atom. The summed E-state index contributed by atoms with van der Waals surface area (Å²) in [6.07, 6.45) is -0.420. The third-order valence-electron chi connectivity index (χ3n) is 5.82. The highest BCUT2D eigenvalue weighted by Gasteiger charge is 2.36. The van der Waals surface area contributed by atoms with Gasteiger partial charge in [0, 0.05) is 17.3 Å². The van der Waals surface area contributed by atoms with Crippen LogP contribution in [0.25, 0.3) is 11.1 Å². The second kappa shape index (κ2) is 10.1. The Labute approximate surface area is 210 Å². The SMILES string of the molecule is COc1cc(-c2c(Cl)cc(Nc3n[nH]c(N)n3)cc2C(F)(F)F)ccc1S(=O)(=O)NC1CCCCC1. The number of H-pyrrole nitrogens is 1. The number of anilines is 3. The zero-order chi connectivity index (χ0) is 26.1. The minimum atomic E-state index is -4.78. The number of rotatable bonds is 7. The molecule has 0 radical (unpaired) electrons. The zero-order valence-corrected chi connectivity index (χ0v) is 20.7. The Balaban J connectivity index is 1.73. The van der Waals surface area contributed by atoms with E-state index in [1.807, 2.05) is 0 Å². The molecular weight excluding hydrogens is 521 g/mol. The molecule has 1 fully saturated rings. The summed E-state index contributed by atoms with van der Waals surface area (Å²) >= 11 is 6.32. The maximum atomic E-state index is 14.1. The van der Waals surface area contributed by atoms with Crippen molar-refractivity contribution in [2.75, 3.05) is 18.2 Å². The number of alkyl halides is 3. The number of aromatic nitrogens is 3. The summed E-state index contributed by atoms with van der Waals surface area (Å²) in [6, 6.07) is 5.67. The van der Waals surface area contributed by atoms with Gasteiger partial charge in [-0.2, -0.15) is 18.2 Å². The van der Waals surface area contributed by atoms with Crippen molar-refractivity contribution in [3.63, 3.8) is 0 Å². The number of nitrogen functional groups attached to an aromatic ring is 1. The van der Waals surface area contributed by atoms with Gasteiger partial charge in [0.25, 0.3) is 0 Å². The molecular formula is C22H24ClF3N6O3S. The van der Waals surface area contributed by atoms with Gasteiger partial charge in [-0.1, -0.05) is 36.9 Å². The molecule has 14 heteroatoms. The number of methoxy groups -OCH3 is 1. The highest BCUT2D eigenvalue weighted by Crippen LogP contribution is 2.44. The van der Waals surface area contributed by atoms with Gasteiger partial charge in [-0.15, -0.1) is 5.10 Å². The molecule has 1 aliphatic rings. The Hall–Kier alpha value is -3.03. The molecule has 194 valence electrons. The summed E-state index contributed by atoms with van der Waals surface area (Å²) < 4.78 is 76.2. The lowest BCUT2D eigenvalue weighted by atomic mass is 9.96.